The van der Waals surface area contributed by atoms with Crippen molar-refractivity contribution < 1.29 is 9.53 Å². The van der Waals surface area contributed by atoms with Gasteiger partial charge in [0.1, 0.15) is 0 Å². The topological polar surface area (TPSA) is 57.0 Å². The summed E-state index contributed by atoms with van der Waals surface area (Å²) in [6.45, 7) is 2.07. The van der Waals surface area contributed by atoms with Crippen LogP contribution in [0.5, 0.6) is 0 Å². The molecule has 5 nitrogen and oxygen atoms in total. The second-order valence-corrected chi connectivity index (χ2v) is 4.71. The van der Waals surface area contributed by atoms with Crippen LogP contribution in [0.15, 0.2) is 29.2 Å². The highest BCUT2D eigenvalue weighted by molar-refractivity contribution is 7.98. The Labute approximate surface area is 116 Å². The lowest BCUT2D eigenvalue weighted by atomic mass is 10.2. The number of carbonyl (C=O) groups excluding carboxylic acids is 1. The smallest absolute Gasteiger partial charge is 0.378 e. The van der Waals surface area contributed by atoms with Gasteiger partial charge in [-0.05, 0) is 25.3 Å². The Morgan fingerprint density at radius 1 is 1.37 bits per heavy atom. The van der Waals surface area contributed by atoms with Crippen LogP contribution in [0.4, 0.5) is 0 Å². The fourth-order valence-electron chi connectivity index (χ4n) is 1.66. The summed E-state index contributed by atoms with van der Waals surface area (Å²) in [5, 5.41) is 4.07. The first kappa shape index (κ1) is 13.6. The molecule has 0 N–H and O–H groups in total. The molecule has 0 aliphatic rings. The summed E-state index contributed by atoms with van der Waals surface area (Å²) in [5.41, 5.74) is 0.920. The van der Waals surface area contributed by atoms with E-state index in [1.54, 1.807) is 30.4 Å². The SMILES string of the molecule is CCOC(=O)c1nc(-c2ccc(SC)cc2)n(C)n1. The van der Waals surface area contributed by atoms with E-state index >= 15 is 0 Å². The first-order valence-corrected chi connectivity index (χ1v) is 7.10. The molecule has 6 heteroatoms. The van der Waals surface area contributed by atoms with Gasteiger partial charge in [0.25, 0.3) is 5.82 Å². The minimum atomic E-state index is -0.495. The number of thioether (sulfide) groups is 1. The minimum Gasteiger partial charge on any atom is -0.460 e. The van der Waals surface area contributed by atoms with Crippen molar-refractivity contribution in [2.45, 2.75) is 11.8 Å². The van der Waals surface area contributed by atoms with Crippen LogP contribution in [-0.4, -0.2) is 33.6 Å². The zero-order valence-corrected chi connectivity index (χ0v) is 11.9. The molecule has 1 aromatic carbocycles. The first-order chi connectivity index (χ1) is 9.15. The van der Waals surface area contributed by atoms with Gasteiger partial charge < -0.3 is 4.74 Å². The van der Waals surface area contributed by atoms with Gasteiger partial charge in [-0.25, -0.2) is 14.5 Å². The van der Waals surface area contributed by atoms with Crippen molar-refractivity contribution in [3.63, 3.8) is 0 Å². The van der Waals surface area contributed by atoms with E-state index in [2.05, 4.69) is 10.1 Å². The largest absolute Gasteiger partial charge is 0.460 e. The molecule has 0 bridgehead atoms. The van der Waals surface area contributed by atoms with Crippen LogP contribution in [-0.2, 0) is 11.8 Å². The molecule has 100 valence electrons. The Morgan fingerprint density at radius 3 is 2.63 bits per heavy atom. The van der Waals surface area contributed by atoms with E-state index in [0.717, 1.165) is 5.56 Å². The van der Waals surface area contributed by atoms with Crippen LogP contribution < -0.4 is 0 Å². The highest BCUT2D eigenvalue weighted by Gasteiger charge is 2.16. The third kappa shape index (κ3) is 2.96. The molecule has 0 radical (unpaired) electrons. The third-order valence-electron chi connectivity index (χ3n) is 2.57. The van der Waals surface area contributed by atoms with Crippen LogP contribution in [0.3, 0.4) is 0 Å². The van der Waals surface area contributed by atoms with Crippen molar-refractivity contribution in [1.29, 1.82) is 0 Å². The van der Waals surface area contributed by atoms with Gasteiger partial charge in [0.2, 0.25) is 0 Å². The van der Waals surface area contributed by atoms with Crippen molar-refractivity contribution in [2.75, 3.05) is 12.9 Å². The second-order valence-electron chi connectivity index (χ2n) is 3.83. The molecule has 0 saturated carbocycles. The summed E-state index contributed by atoms with van der Waals surface area (Å²) in [4.78, 5) is 17.0. The predicted molar refractivity (Wildman–Crippen MR) is 74.2 cm³/mol. The molecule has 19 heavy (non-hydrogen) atoms. The first-order valence-electron chi connectivity index (χ1n) is 5.88. The van der Waals surface area contributed by atoms with E-state index in [-0.39, 0.29) is 5.82 Å². The molecule has 0 atom stereocenters. The molecule has 0 spiro atoms. The number of hydrogen-bond donors (Lipinski definition) is 0. The maximum atomic E-state index is 11.6. The summed E-state index contributed by atoms with van der Waals surface area (Å²) < 4.78 is 6.47. The molecule has 0 unspecified atom stereocenters. The summed E-state index contributed by atoms with van der Waals surface area (Å²) in [6.07, 6.45) is 2.02. The van der Waals surface area contributed by atoms with Gasteiger partial charge in [-0.3, -0.25) is 0 Å². The number of carbonyl (C=O) groups is 1. The summed E-state index contributed by atoms with van der Waals surface area (Å²) in [6, 6.07) is 7.95. The van der Waals surface area contributed by atoms with Gasteiger partial charge in [-0.15, -0.1) is 16.9 Å². The van der Waals surface area contributed by atoms with E-state index in [4.69, 9.17) is 4.74 Å². The lowest BCUT2D eigenvalue weighted by Crippen LogP contribution is -2.07. The molecule has 1 heterocycles. The number of aromatic nitrogens is 3. The van der Waals surface area contributed by atoms with Gasteiger partial charge in [0, 0.05) is 17.5 Å². The Kier molecular flexibility index (Phi) is 4.21. The molecule has 0 fully saturated rings. The minimum absolute atomic E-state index is 0.0910. The summed E-state index contributed by atoms with van der Waals surface area (Å²) >= 11 is 1.68. The lowest BCUT2D eigenvalue weighted by Gasteiger charge is -2.01. The summed E-state index contributed by atoms with van der Waals surface area (Å²) in [7, 11) is 1.76. The molecule has 0 aliphatic heterocycles. The van der Waals surface area contributed by atoms with Crippen LogP contribution in [0.1, 0.15) is 17.5 Å². The highest BCUT2D eigenvalue weighted by Crippen LogP contribution is 2.21. The summed E-state index contributed by atoms with van der Waals surface area (Å²) in [5.74, 6) is 0.245. The lowest BCUT2D eigenvalue weighted by molar-refractivity contribution is 0.0512. The highest BCUT2D eigenvalue weighted by atomic mass is 32.2. The van der Waals surface area contributed by atoms with E-state index in [0.29, 0.717) is 12.4 Å². The number of rotatable bonds is 4. The average molecular weight is 277 g/mol. The van der Waals surface area contributed by atoms with Crippen LogP contribution in [0.2, 0.25) is 0 Å². The zero-order chi connectivity index (χ0) is 13.8. The number of ether oxygens (including phenoxy) is 1. The van der Waals surface area contributed by atoms with Gasteiger partial charge in [-0.2, -0.15) is 0 Å². The van der Waals surface area contributed by atoms with Crippen LogP contribution >= 0.6 is 11.8 Å². The Morgan fingerprint density at radius 2 is 2.05 bits per heavy atom. The number of aryl methyl sites for hydroxylation is 1. The molecule has 0 amide bonds. The van der Waals surface area contributed by atoms with Gasteiger partial charge in [0.15, 0.2) is 5.82 Å². The van der Waals surface area contributed by atoms with Crippen molar-refractivity contribution in [3.05, 3.63) is 30.1 Å². The van der Waals surface area contributed by atoms with E-state index in [9.17, 15) is 4.79 Å². The van der Waals surface area contributed by atoms with E-state index in [1.807, 2.05) is 30.5 Å². The predicted octanol–water partition coefficient (Wildman–Crippen LogP) is 2.38. The molecular weight excluding hydrogens is 262 g/mol. The molecule has 0 aliphatic carbocycles. The molecular formula is C13H15N3O2S. The van der Waals surface area contributed by atoms with Crippen molar-refractivity contribution >= 4 is 17.7 Å². The normalized spacial score (nSPS) is 10.5. The standard InChI is InChI=1S/C13H15N3O2S/c1-4-18-13(17)11-14-12(16(2)15-11)9-5-7-10(19-3)8-6-9/h5-8H,4H2,1-3H3. The maximum Gasteiger partial charge on any atom is 0.378 e. The number of nitrogens with zero attached hydrogens (tertiary/aromatic N) is 3. The molecule has 0 saturated heterocycles. The van der Waals surface area contributed by atoms with Gasteiger partial charge in [0.05, 0.1) is 6.61 Å². The fraction of sp³-hybridized carbons (Fsp3) is 0.308. The number of esters is 1. The van der Waals surface area contributed by atoms with Gasteiger partial charge in [-0.1, -0.05) is 12.1 Å². The zero-order valence-electron chi connectivity index (χ0n) is 11.1. The number of hydrogen-bond acceptors (Lipinski definition) is 5. The maximum absolute atomic E-state index is 11.6. The Bertz CT molecular complexity index is 578. The average Bonchev–Trinajstić information content (AvgIpc) is 2.81. The molecule has 2 rings (SSSR count). The second kappa shape index (κ2) is 5.88. The Hall–Kier alpha value is -1.82. The molecule has 2 aromatic rings. The third-order valence-corrected chi connectivity index (χ3v) is 3.31. The van der Waals surface area contributed by atoms with E-state index < -0.39 is 5.97 Å². The monoisotopic (exact) mass is 277 g/mol. The number of benzene rings is 1. The Balaban J connectivity index is 2.31. The van der Waals surface area contributed by atoms with E-state index in [1.165, 1.54) is 4.90 Å². The fourth-order valence-corrected chi connectivity index (χ4v) is 2.07. The van der Waals surface area contributed by atoms with Crippen LogP contribution in [0, 0.1) is 0 Å². The van der Waals surface area contributed by atoms with Crippen LogP contribution in [0.25, 0.3) is 11.4 Å². The van der Waals surface area contributed by atoms with Gasteiger partial charge >= 0.3 is 5.97 Å². The van der Waals surface area contributed by atoms with Crippen molar-refractivity contribution in [2.24, 2.45) is 7.05 Å². The quantitative estimate of drug-likeness (QED) is 0.634. The molecule has 1 aromatic heterocycles. The van der Waals surface area contributed by atoms with Crippen molar-refractivity contribution in [1.82, 2.24) is 14.8 Å². The van der Waals surface area contributed by atoms with Crippen molar-refractivity contribution in [3.8, 4) is 11.4 Å².